The van der Waals surface area contributed by atoms with Crippen molar-refractivity contribution in [3.8, 4) is 0 Å². The molecule has 0 radical (unpaired) electrons. The lowest BCUT2D eigenvalue weighted by Crippen LogP contribution is -2.23. The van der Waals surface area contributed by atoms with E-state index in [0.29, 0.717) is 20.7 Å². The molecule has 0 fully saturated rings. The zero-order valence-electron chi connectivity index (χ0n) is 9.71. The molecule has 2 N–H and O–H groups in total. The van der Waals surface area contributed by atoms with E-state index in [1.807, 2.05) is 22.6 Å². The van der Waals surface area contributed by atoms with Crippen LogP contribution in [0.4, 0.5) is 5.69 Å². The third-order valence-electron chi connectivity index (χ3n) is 2.62. The second-order valence-corrected chi connectivity index (χ2v) is 5.17. The van der Waals surface area contributed by atoms with E-state index in [1.165, 1.54) is 17.1 Å². The summed E-state index contributed by atoms with van der Waals surface area (Å²) in [5, 5.41) is 0. The molecule has 0 bridgehead atoms. The van der Waals surface area contributed by atoms with Gasteiger partial charge in [-0.15, -0.1) is 0 Å². The Bertz CT molecular complexity index is 809. The maximum atomic E-state index is 11.9. The summed E-state index contributed by atoms with van der Waals surface area (Å²) >= 11 is 1.95. The number of hydrogen-bond acceptors (Lipinski definition) is 5. The summed E-state index contributed by atoms with van der Waals surface area (Å²) in [6.45, 7) is 0.247. The SMILES string of the molecule is Nc1ccc2nc(Cn3cncc(I)c3=O)oc2c1. The Morgan fingerprint density at radius 1 is 1.42 bits per heavy atom. The molecular weight excluding hydrogens is 359 g/mol. The number of halogens is 1. The largest absolute Gasteiger partial charge is 0.439 e. The number of nitrogens with zero attached hydrogens (tertiary/aromatic N) is 3. The standard InChI is InChI=1S/C12H9IN4O2/c13-8-4-15-6-17(12(8)18)5-11-16-9-2-1-7(14)3-10(9)19-11/h1-4,6H,5,14H2. The van der Waals surface area contributed by atoms with Crippen molar-refractivity contribution in [2.75, 3.05) is 5.73 Å². The van der Waals surface area contributed by atoms with Crippen LogP contribution in [0.3, 0.4) is 0 Å². The maximum absolute atomic E-state index is 11.9. The number of nitrogens with two attached hydrogens (primary N) is 1. The Balaban J connectivity index is 2.01. The lowest BCUT2D eigenvalue weighted by Gasteiger charge is -2.00. The van der Waals surface area contributed by atoms with Crippen LogP contribution in [0.1, 0.15) is 5.89 Å². The molecule has 2 aromatic heterocycles. The molecule has 2 heterocycles. The Hall–Kier alpha value is -1.90. The minimum absolute atomic E-state index is 0.114. The summed E-state index contributed by atoms with van der Waals surface area (Å²) < 4.78 is 7.58. The average molecular weight is 368 g/mol. The summed E-state index contributed by atoms with van der Waals surface area (Å²) in [7, 11) is 0. The monoisotopic (exact) mass is 368 g/mol. The van der Waals surface area contributed by atoms with E-state index in [9.17, 15) is 4.79 Å². The first kappa shape index (κ1) is 12.2. The van der Waals surface area contributed by atoms with Crippen LogP contribution in [-0.2, 0) is 6.54 Å². The number of hydrogen-bond donors (Lipinski definition) is 1. The van der Waals surface area contributed by atoms with E-state index in [0.717, 1.165) is 5.52 Å². The number of rotatable bonds is 2. The fourth-order valence-corrected chi connectivity index (χ4v) is 2.21. The van der Waals surface area contributed by atoms with Crippen molar-refractivity contribution in [2.24, 2.45) is 0 Å². The minimum atomic E-state index is -0.114. The van der Waals surface area contributed by atoms with Gasteiger partial charge in [0, 0.05) is 18.0 Å². The highest BCUT2D eigenvalue weighted by Crippen LogP contribution is 2.18. The van der Waals surface area contributed by atoms with Crippen molar-refractivity contribution in [1.29, 1.82) is 0 Å². The first-order valence-electron chi connectivity index (χ1n) is 5.48. The molecule has 0 aliphatic carbocycles. The van der Waals surface area contributed by atoms with Gasteiger partial charge in [-0.25, -0.2) is 9.97 Å². The van der Waals surface area contributed by atoms with Crippen LogP contribution in [0.5, 0.6) is 0 Å². The third-order valence-corrected chi connectivity index (χ3v) is 3.36. The van der Waals surface area contributed by atoms with E-state index in [1.54, 1.807) is 18.2 Å². The number of benzene rings is 1. The molecule has 3 rings (SSSR count). The van der Waals surface area contributed by atoms with Crippen molar-refractivity contribution in [3.05, 3.63) is 50.5 Å². The molecule has 6 nitrogen and oxygen atoms in total. The van der Waals surface area contributed by atoms with Crippen LogP contribution < -0.4 is 11.3 Å². The number of nitrogen functional groups attached to an aromatic ring is 1. The fourth-order valence-electron chi connectivity index (χ4n) is 1.74. The van der Waals surface area contributed by atoms with Crippen LogP contribution in [-0.4, -0.2) is 14.5 Å². The van der Waals surface area contributed by atoms with Gasteiger partial charge in [-0.2, -0.15) is 0 Å². The topological polar surface area (TPSA) is 86.9 Å². The molecule has 0 saturated heterocycles. The van der Waals surface area contributed by atoms with Crippen LogP contribution in [0.15, 0.2) is 39.9 Å². The van der Waals surface area contributed by atoms with Crippen molar-refractivity contribution >= 4 is 39.4 Å². The number of anilines is 1. The quantitative estimate of drug-likeness (QED) is 0.549. The Morgan fingerprint density at radius 3 is 3.11 bits per heavy atom. The van der Waals surface area contributed by atoms with Gasteiger partial charge in [0.15, 0.2) is 5.58 Å². The number of oxazole rings is 1. The molecule has 0 aliphatic heterocycles. The highest BCUT2D eigenvalue weighted by molar-refractivity contribution is 14.1. The van der Waals surface area contributed by atoms with Crippen LogP contribution in [0.25, 0.3) is 11.1 Å². The van der Waals surface area contributed by atoms with E-state index in [2.05, 4.69) is 9.97 Å². The molecule has 0 saturated carbocycles. The van der Waals surface area contributed by atoms with E-state index in [4.69, 9.17) is 10.2 Å². The van der Waals surface area contributed by atoms with Crippen molar-refractivity contribution in [2.45, 2.75) is 6.54 Å². The van der Waals surface area contributed by atoms with Gasteiger partial charge in [-0.3, -0.25) is 9.36 Å². The molecule has 0 aliphatic rings. The average Bonchev–Trinajstić information content (AvgIpc) is 2.76. The molecule has 7 heteroatoms. The van der Waals surface area contributed by atoms with Gasteiger partial charge in [0.25, 0.3) is 5.56 Å². The Morgan fingerprint density at radius 2 is 2.26 bits per heavy atom. The maximum Gasteiger partial charge on any atom is 0.267 e. The summed E-state index contributed by atoms with van der Waals surface area (Å²) in [5.41, 5.74) is 7.51. The second kappa shape index (κ2) is 4.65. The second-order valence-electron chi connectivity index (χ2n) is 4.01. The predicted molar refractivity (Wildman–Crippen MR) is 78.7 cm³/mol. The molecule has 0 unspecified atom stereocenters. The van der Waals surface area contributed by atoms with Gasteiger partial charge in [0.05, 0.1) is 9.90 Å². The lowest BCUT2D eigenvalue weighted by molar-refractivity contribution is 0.501. The summed E-state index contributed by atoms with van der Waals surface area (Å²) in [4.78, 5) is 20.2. The zero-order valence-corrected chi connectivity index (χ0v) is 11.9. The van der Waals surface area contributed by atoms with E-state index >= 15 is 0 Å². The zero-order chi connectivity index (χ0) is 13.4. The highest BCUT2D eigenvalue weighted by Gasteiger charge is 2.08. The highest BCUT2D eigenvalue weighted by atomic mass is 127. The molecule has 96 valence electrons. The van der Waals surface area contributed by atoms with Gasteiger partial charge >= 0.3 is 0 Å². The number of aromatic nitrogens is 3. The molecule has 1 aromatic carbocycles. The normalized spacial score (nSPS) is 11.0. The predicted octanol–water partition coefficient (Wildman–Crippen LogP) is 1.62. The summed E-state index contributed by atoms with van der Waals surface area (Å²) in [5.74, 6) is 0.450. The fraction of sp³-hybridized carbons (Fsp3) is 0.0833. The Kier molecular flexibility index (Phi) is 2.97. The van der Waals surface area contributed by atoms with E-state index in [-0.39, 0.29) is 12.1 Å². The minimum Gasteiger partial charge on any atom is -0.439 e. The molecule has 19 heavy (non-hydrogen) atoms. The Labute approximate surface area is 121 Å². The van der Waals surface area contributed by atoms with Crippen LogP contribution in [0, 0.1) is 3.57 Å². The lowest BCUT2D eigenvalue weighted by atomic mass is 10.3. The summed E-state index contributed by atoms with van der Waals surface area (Å²) in [6, 6.07) is 5.25. The smallest absolute Gasteiger partial charge is 0.267 e. The molecule has 0 atom stereocenters. The summed E-state index contributed by atoms with van der Waals surface area (Å²) in [6.07, 6.45) is 2.99. The van der Waals surface area contributed by atoms with Gasteiger partial charge in [0.2, 0.25) is 5.89 Å². The molecular formula is C12H9IN4O2. The van der Waals surface area contributed by atoms with Crippen LogP contribution in [0.2, 0.25) is 0 Å². The van der Waals surface area contributed by atoms with Crippen molar-refractivity contribution in [3.63, 3.8) is 0 Å². The first-order valence-corrected chi connectivity index (χ1v) is 6.56. The first-order chi connectivity index (χ1) is 9.13. The van der Waals surface area contributed by atoms with E-state index < -0.39 is 0 Å². The van der Waals surface area contributed by atoms with Gasteiger partial charge in [-0.1, -0.05) is 0 Å². The van der Waals surface area contributed by atoms with Gasteiger partial charge < -0.3 is 10.2 Å². The van der Waals surface area contributed by atoms with Crippen LogP contribution >= 0.6 is 22.6 Å². The molecule has 0 spiro atoms. The number of fused-ring (bicyclic) bond motifs is 1. The van der Waals surface area contributed by atoms with Gasteiger partial charge in [0.1, 0.15) is 12.1 Å². The molecule has 0 amide bonds. The van der Waals surface area contributed by atoms with Gasteiger partial charge in [-0.05, 0) is 34.7 Å². The van der Waals surface area contributed by atoms with Crippen molar-refractivity contribution in [1.82, 2.24) is 14.5 Å². The third kappa shape index (κ3) is 2.33. The van der Waals surface area contributed by atoms with Crippen molar-refractivity contribution < 1.29 is 4.42 Å². The molecule has 3 aromatic rings.